The van der Waals surface area contributed by atoms with Crippen LogP contribution in [0, 0.1) is 6.92 Å². The molecule has 0 spiro atoms. The van der Waals surface area contributed by atoms with Crippen LogP contribution in [0.3, 0.4) is 0 Å². The Morgan fingerprint density at radius 3 is 2.64 bits per heavy atom. The lowest BCUT2D eigenvalue weighted by Crippen LogP contribution is -2.35. The lowest BCUT2D eigenvalue weighted by atomic mass is 10.2. The Labute approximate surface area is 145 Å². The summed E-state index contributed by atoms with van der Waals surface area (Å²) >= 11 is 1.89. The summed E-state index contributed by atoms with van der Waals surface area (Å²) in [5.74, 6) is -0.621. The molecule has 2 aromatic heterocycles. The quantitative estimate of drug-likeness (QED) is 0.843. The molecule has 1 saturated heterocycles. The summed E-state index contributed by atoms with van der Waals surface area (Å²) in [7, 11) is 0. The Kier molecular flexibility index (Phi) is 5.93. The van der Waals surface area contributed by atoms with Gasteiger partial charge >= 0.3 is 12.1 Å². The molecular formula is C15H16F3N3O3S. The maximum Gasteiger partial charge on any atom is 0.490 e. The number of nitrogens with one attached hydrogen (secondary N) is 1. The molecule has 1 aliphatic heterocycles. The van der Waals surface area contributed by atoms with Crippen molar-refractivity contribution in [3.8, 4) is 0 Å². The van der Waals surface area contributed by atoms with Crippen molar-refractivity contribution in [3.05, 3.63) is 35.8 Å². The van der Waals surface area contributed by atoms with Crippen LogP contribution >= 0.6 is 11.8 Å². The fraction of sp³-hybridized carbons (Fsp3) is 0.400. The first-order valence-corrected chi connectivity index (χ1v) is 8.48. The molecule has 6 nitrogen and oxygen atoms in total. The van der Waals surface area contributed by atoms with E-state index in [2.05, 4.69) is 10.3 Å². The number of carbonyl (C=O) groups is 2. The van der Waals surface area contributed by atoms with Gasteiger partial charge in [-0.2, -0.15) is 24.9 Å². The number of alkyl halides is 3. The van der Waals surface area contributed by atoms with Gasteiger partial charge in [0.25, 0.3) is 5.91 Å². The average molecular weight is 375 g/mol. The van der Waals surface area contributed by atoms with Gasteiger partial charge in [-0.3, -0.25) is 9.20 Å². The molecule has 10 heteroatoms. The number of hydrogen-bond donors (Lipinski definition) is 2. The minimum absolute atomic E-state index is 0.0151. The number of carboxylic acid groups (broad SMARTS) is 1. The molecule has 1 unspecified atom stereocenters. The molecule has 2 N–H and O–H groups in total. The minimum Gasteiger partial charge on any atom is -0.475 e. The van der Waals surface area contributed by atoms with Gasteiger partial charge in [0.2, 0.25) is 0 Å². The van der Waals surface area contributed by atoms with Gasteiger partial charge in [0.05, 0.1) is 5.69 Å². The highest BCUT2D eigenvalue weighted by atomic mass is 32.2. The van der Waals surface area contributed by atoms with E-state index in [0.29, 0.717) is 11.7 Å². The number of imidazole rings is 1. The van der Waals surface area contributed by atoms with Crippen LogP contribution in [0.2, 0.25) is 0 Å². The average Bonchev–Trinajstić information content (AvgIpc) is 3.12. The smallest absolute Gasteiger partial charge is 0.475 e. The Bertz CT molecular complexity index is 770. The first-order chi connectivity index (χ1) is 11.7. The third-order valence-electron chi connectivity index (χ3n) is 3.43. The van der Waals surface area contributed by atoms with E-state index in [-0.39, 0.29) is 5.91 Å². The second-order valence-corrected chi connectivity index (χ2v) is 6.46. The van der Waals surface area contributed by atoms with Gasteiger partial charge in [-0.1, -0.05) is 6.07 Å². The lowest BCUT2D eigenvalue weighted by Gasteiger charge is -2.11. The predicted molar refractivity (Wildman–Crippen MR) is 86.8 cm³/mol. The molecule has 0 radical (unpaired) electrons. The van der Waals surface area contributed by atoms with Crippen molar-refractivity contribution in [1.29, 1.82) is 0 Å². The van der Waals surface area contributed by atoms with E-state index < -0.39 is 12.1 Å². The molecule has 3 heterocycles. The molecule has 0 aliphatic carbocycles. The zero-order chi connectivity index (χ0) is 18.6. The fourth-order valence-corrected chi connectivity index (χ4v) is 3.44. The molecule has 136 valence electrons. The lowest BCUT2D eigenvalue weighted by molar-refractivity contribution is -0.192. The van der Waals surface area contributed by atoms with Gasteiger partial charge in [0, 0.05) is 18.0 Å². The van der Waals surface area contributed by atoms with Gasteiger partial charge < -0.3 is 10.4 Å². The summed E-state index contributed by atoms with van der Waals surface area (Å²) in [5, 5.41) is 10.2. The largest absolute Gasteiger partial charge is 0.490 e. The summed E-state index contributed by atoms with van der Waals surface area (Å²) in [6.45, 7) is 1.88. The van der Waals surface area contributed by atoms with Crippen LogP contribution in [0.4, 0.5) is 13.2 Å². The minimum atomic E-state index is -5.08. The van der Waals surface area contributed by atoms with Crippen molar-refractivity contribution >= 4 is 29.3 Å². The maximum absolute atomic E-state index is 12.3. The van der Waals surface area contributed by atoms with Crippen molar-refractivity contribution < 1.29 is 27.9 Å². The number of hydrogen-bond acceptors (Lipinski definition) is 4. The first kappa shape index (κ1) is 19.1. The van der Waals surface area contributed by atoms with Crippen molar-refractivity contribution in [3.63, 3.8) is 0 Å². The van der Waals surface area contributed by atoms with Gasteiger partial charge in [-0.05, 0) is 31.2 Å². The van der Waals surface area contributed by atoms with E-state index in [1.54, 1.807) is 0 Å². The number of halogens is 3. The number of fused-ring (bicyclic) bond motifs is 1. The molecule has 0 aromatic carbocycles. The van der Waals surface area contributed by atoms with Crippen LogP contribution in [0.5, 0.6) is 0 Å². The molecule has 1 amide bonds. The highest BCUT2D eigenvalue weighted by Gasteiger charge is 2.38. The Morgan fingerprint density at radius 2 is 2.08 bits per heavy atom. The van der Waals surface area contributed by atoms with Gasteiger partial charge in [-0.15, -0.1) is 0 Å². The highest BCUT2D eigenvalue weighted by Crippen LogP contribution is 2.18. The summed E-state index contributed by atoms with van der Waals surface area (Å²) < 4.78 is 33.6. The highest BCUT2D eigenvalue weighted by molar-refractivity contribution is 7.99. The number of carboxylic acids is 1. The molecule has 1 fully saturated rings. The van der Waals surface area contributed by atoms with Crippen LogP contribution in [-0.4, -0.2) is 50.1 Å². The Hall–Kier alpha value is -2.23. The van der Waals surface area contributed by atoms with Crippen LogP contribution in [0.1, 0.15) is 22.6 Å². The molecule has 1 atom stereocenters. The second kappa shape index (κ2) is 7.77. The number of nitrogens with zero attached hydrogens (tertiary/aromatic N) is 2. The molecule has 3 rings (SSSR count). The van der Waals surface area contributed by atoms with Crippen molar-refractivity contribution in [2.24, 2.45) is 0 Å². The first-order valence-electron chi connectivity index (χ1n) is 7.32. The van der Waals surface area contributed by atoms with Crippen molar-refractivity contribution in [1.82, 2.24) is 14.7 Å². The van der Waals surface area contributed by atoms with E-state index in [9.17, 15) is 18.0 Å². The molecule has 2 aromatic rings. The third-order valence-corrected chi connectivity index (χ3v) is 4.59. The van der Waals surface area contributed by atoms with E-state index in [1.807, 2.05) is 47.5 Å². The van der Waals surface area contributed by atoms with Crippen molar-refractivity contribution in [2.75, 3.05) is 11.5 Å². The summed E-state index contributed by atoms with van der Waals surface area (Å²) in [4.78, 5) is 25.6. The number of aromatic nitrogens is 2. The predicted octanol–water partition coefficient (Wildman–Crippen LogP) is 2.51. The van der Waals surface area contributed by atoms with Gasteiger partial charge in [0.1, 0.15) is 11.3 Å². The number of thioether (sulfide) groups is 1. The molecule has 1 aliphatic rings. The summed E-state index contributed by atoms with van der Waals surface area (Å²) in [5.41, 5.74) is 2.26. The Balaban J connectivity index is 0.000000277. The topological polar surface area (TPSA) is 83.7 Å². The third kappa shape index (κ3) is 4.88. The molecule has 25 heavy (non-hydrogen) atoms. The van der Waals surface area contributed by atoms with E-state index in [4.69, 9.17) is 9.90 Å². The maximum atomic E-state index is 12.3. The number of rotatable bonds is 2. The number of amides is 1. The molecule has 0 saturated carbocycles. The fourth-order valence-electron chi connectivity index (χ4n) is 2.29. The van der Waals surface area contributed by atoms with Crippen LogP contribution in [0.25, 0.3) is 5.65 Å². The van der Waals surface area contributed by atoms with Crippen LogP contribution in [0.15, 0.2) is 24.4 Å². The van der Waals surface area contributed by atoms with E-state index in [0.717, 1.165) is 29.3 Å². The van der Waals surface area contributed by atoms with E-state index in [1.165, 1.54) is 0 Å². The van der Waals surface area contributed by atoms with Gasteiger partial charge in [0.15, 0.2) is 0 Å². The molecular weight excluding hydrogens is 359 g/mol. The zero-order valence-electron chi connectivity index (χ0n) is 13.2. The van der Waals surface area contributed by atoms with Crippen LogP contribution in [-0.2, 0) is 4.79 Å². The van der Waals surface area contributed by atoms with Crippen LogP contribution < -0.4 is 5.32 Å². The summed E-state index contributed by atoms with van der Waals surface area (Å²) in [6.07, 6.45) is -2.14. The van der Waals surface area contributed by atoms with Crippen molar-refractivity contribution in [2.45, 2.75) is 25.6 Å². The standard InChI is InChI=1S/C13H15N3OS.C2HF3O2/c1-9-12(13(17)15-10-5-7-18-8-10)16-6-3-2-4-11(16)14-9;3-2(4,5)1(6)7/h2-4,6,10H,5,7-8H2,1H3,(H,15,17);(H,6,7). The Morgan fingerprint density at radius 1 is 1.40 bits per heavy atom. The zero-order valence-corrected chi connectivity index (χ0v) is 14.0. The monoisotopic (exact) mass is 375 g/mol. The number of aliphatic carboxylic acids is 1. The van der Waals surface area contributed by atoms with E-state index >= 15 is 0 Å². The number of aryl methyl sites for hydroxylation is 1. The summed E-state index contributed by atoms with van der Waals surface area (Å²) in [6, 6.07) is 6.05. The van der Waals surface area contributed by atoms with Gasteiger partial charge in [-0.25, -0.2) is 9.78 Å². The number of carbonyl (C=O) groups excluding carboxylic acids is 1. The second-order valence-electron chi connectivity index (χ2n) is 5.31. The molecule has 0 bridgehead atoms. The SMILES string of the molecule is Cc1nc2ccccn2c1C(=O)NC1CCSC1.O=C(O)C(F)(F)F. The number of pyridine rings is 1. The normalized spacial score (nSPS) is 17.0.